The second-order valence-electron chi connectivity index (χ2n) is 6.41. The highest BCUT2D eigenvalue weighted by atomic mass is 32.2. The van der Waals surface area contributed by atoms with Gasteiger partial charge in [0.2, 0.25) is 10.0 Å². The van der Waals surface area contributed by atoms with E-state index in [9.17, 15) is 8.42 Å². The zero-order valence-corrected chi connectivity index (χ0v) is 15.0. The van der Waals surface area contributed by atoms with E-state index in [1.807, 2.05) is 16.2 Å². The molecule has 2 aromatic rings. The molecule has 8 heteroatoms. The van der Waals surface area contributed by atoms with E-state index in [2.05, 4.69) is 11.8 Å². The average Bonchev–Trinajstić information content (AvgIpc) is 2.73. The lowest BCUT2D eigenvalue weighted by atomic mass is 10.00. The van der Waals surface area contributed by atoms with Crippen molar-refractivity contribution in [3.05, 3.63) is 23.0 Å². The summed E-state index contributed by atoms with van der Waals surface area (Å²) < 4.78 is 27.8. The molecule has 1 aromatic carbocycles. The third-order valence-electron chi connectivity index (χ3n) is 4.66. The van der Waals surface area contributed by atoms with Crippen molar-refractivity contribution in [3.63, 3.8) is 0 Å². The van der Waals surface area contributed by atoms with Crippen molar-refractivity contribution >= 4 is 33.3 Å². The number of aromatic nitrogens is 2. The number of rotatable bonds is 3. The van der Waals surface area contributed by atoms with Gasteiger partial charge in [-0.15, -0.1) is 0 Å². The Labute approximate surface area is 141 Å². The lowest BCUT2D eigenvalue weighted by molar-refractivity contribution is 0.155. The minimum atomic E-state index is -3.73. The summed E-state index contributed by atoms with van der Waals surface area (Å²) in [6.45, 7) is 5.03. The molecule has 3 rings (SSSR count). The van der Waals surface area contributed by atoms with Crippen LogP contribution in [0.1, 0.15) is 19.8 Å². The van der Waals surface area contributed by atoms with Crippen LogP contribution in [-0.2, 0) is 23.7 Å². The molecule has 1 saturated heterocycles. The Morgan fingerprint density at radius 2 is 1.91 bits per heavy atom. The topological polar surface area (TPSA) is 73.3 Å². The minimum Gasteiger partial charge on any atom is -0.320 e. The van der Waals surface area contributed by atoms with Gasteiger partial charge in [-0.3, -0.25) is 4.90 Å². The first-order valence-corrected chi connectivity index (χ1v) is 9.67. The lowest BCUT2D eigenvalue weighted by Crippen LogP contribution is -2.34. The molecule has 0 atom stereocenters. The van der Waals surface area contributed by atoms with Crippen molar-refractivity contribution in [1.82, 2.24) is 14.0 Å². The molecule has 23 heavy (non-hydrogen) atoms. The predicted octanol–water partition coefficient (Wildman–Crippen LogP) is 2.05. The third kappa shape index (κ3) is 3.21. The maximum atomic E-state index is 11.6. The quantitative estimate of drug-likeness (QED) is 0.856. The fourth-order valence-electron chi connectivity index (χ4n) is 3.11. The standard InChI is InChI=1S/C15H22N4O2S2/c1-11-5-7-18(8-6-11)10-19-14-9-12(23(16,20)21)3-4-13(14)17(2)15(19)22/h3-4,9,11H,5-8,10H2,1-2H3,(H2,16,20,21). The van der Waals surface area contributed by atoms with Crippen LogP contribution >= 0.6 is 12.2 Å². The van der Waals surface area contributed by atoms with Crippen LogP contribution in [0.5, 0.6) is 0 Å². The largest absolute Gasteiger partial charge is 0.320 e. The average molecular weight is 355 g/mol. The first-order valence-electron chi connectivity index (χ1n) is 7.72. The van der Waals surface area contributed by atoms with Gasteiger partial charge in [-0.1, -0.05) is 6.92 Å². The van der Waals surface area contributed by atoms with Crippen molar-refractivity contribution in [2.75, 3.05) is 13.1 Å². The van der Waals surface area contributed by atoms with Crippen LogP contribution in [0.15, 0.2) is 23.1 Å². The van der Waals surface area contributed by atoms with E-state index >= 15 is 0 Å². The van der Waals surface area contributed by atoms with Gasteiger partial charge in [0.15, 0.2) is 4.77 Å². The minimum absolute atomic E-state index is 0.117. The van der Waals surface area contributed by atoms with Crippen LogP contribution in [0.4, 0.5) is 0 Å². The van der Waals surface area contributed by atoms with Crippen LogP contribution in [0.3, 0.4) is 0 Å². The van der Waals surface area contributed by atoms with Crippen molar-refractivity contribution in [1.29, 1.82) is 0 Å². The Morgan fingerprint density at radius 1 is 1.26 bits per heavy atom. The Hall–Kier alpha value is -1.22. The molecular weight excluding hydrogens is 332 g/mol. The molecule has 1 aromatic heterocycles. The molecule has 1 fully saturated rings. The van der Waals surface area contributed by atoms with Crippen LogP contribution in [-0.4, -0.2) is 35.5 Å². The lowest BCUT2D eigenvalue weighted by Gasteiger charge is -2.30. The number of fused-ring (bicyclic) bond motifs is 1. The highest BCUT2D eigenvalue weighted by Crippen LogP contribution is 2.23. The normalized spacial score (nSPS) is 17.9. The van der Waals surface area contributed by atoms with E-state index in [1.54, 1.807) is 12.1 Å². The second-order valence-corrected chi connectivity index (χ2v) is 8.33. The summed E-state index contributed by atoms with van der Waals surface area (Å²) in [7, 11) is -1.83. The van der Waals surface area contributed by atoms with Crippen molar-refractivity contribution in [2.45, 2.75) is 31.3 Å². The molecular formula is C15H22N4O2S2. The van der Waals surface area contributed by atoms with Gasteiger partial charge in [-0.05, 0) is 49.2 Å². The van der Waals surface area contributed by atoms with Gasteiger partial charge in [-0.2, -0.15) is 0 Å². The molecule has 1 aliphatic heterocycles. The van der Waals surface area contributed by atoms with E-state index in [1.165, 1.54) is 18.9 Å². The van der Waals surface area contributed by atoms with Gasteiger partial charge >= 0.3 is 0 Å². The zero-order chi connectivity index (χ0) is 16.8. The third-order valence-corrected chi connectivity index (χ3v) is 6.07. The van der Waals surface area contributed by atoms with Gasteiger partial charge in [0.25, 0.3) is 0 Å². The van der Waals surface area contributed by atoms with E-state index in [0.717, 1.165) is 30.0 Å². The van der Waals surface area contributed by atoms with Crippen LogP contribution in [0.2, 0.25) is 0 Å². The molecule has 6 nitrogen and oxygen atoms in total. The molecule has 0 unspecified atom stereocenters. The molecule has 0 saturated carbocycles. The van der Waals surface area contributed by atoms with Crippen molar-refractivity contribution in [2.24, 2.45) is 18.1 Å². The van der Waals surface area contributed by atoms with Crippen LogP contribution < -0.4 is 5.14 Å². The number of nitrogens with zero attached hydrogens (tertiary/aromatic N) is 3. The van der Waals surface area contributed by atoms with E-state index in [-0.39, 0.29) is 4.90 Å². The molecule has 0 bridgehead atoms. The summed E-state index contributed by atoms with van der Waals surface area (Å²) in [4.78, 5) is 2.48. The van der Waals surface area contributed by atoms with E-state index in [4.69, 9.17) is 17.4 Å². The summed E-state index contributed by atoms with van der Waals surface area (Å²) in [6, 6.07) is 4.91. The number of imidazole rings is 1. The maximum absolute atomic E-state index is 11.6. The summed E-state index contributed by atoms with van der Waals surface area (Å²) >= 11 is 5.54. The molecule has 2 N–H and O–H groups in total. The molecule has 126 valence electrons. The van der Waals surface area contributed by atoms with Crippen molar-refractivity contribution in [3.8, 4) is 0 Å². The van der Waals surface area contributed by atoms with E-state index < -0.39 is 10.0 Å². The molecule has 2 heterocycles. The number of nitrogens with two attached hydrogens (primary N) is 1. The summed E-state index contributed by atoms with van der Waals surface area (Å²) in [5.74, 6) is 0.765. The highest BCUT2D eigenvalue weighted by Gasteiger charge is 2.19. The number of primary sulfonamides is 1. The summed E-state index contributed by atoms with van der Waals surface area (Å²) in [6.07, 6.45) is 2.36. The Balaban J connectivity index is 2.04. The van der Waals surface area contributed by atoms with E-state index in [0.29, 0.717) is 11.4 Å². The van der Waals surface area contributed by atoms with Gasteiger partial charge < -0.3 is 9.13 Å². The first kappa shape index (κ1) is 16.6. The fraction of sp³-hybridized carbons (Fsp3) is 0.533. The Kier molecular flexibility index (Phi) is 4.35. The monoisotopic (exact) mass is 354 g/mol. The van der Waals surface area contributed by atoms with Crippen LogP contribution in [0.25, 0.3) is 11.0 Å². The molecule has 0 amide bonds. The molecule has 0 aliphatic carbocycles. The van der Waals surface area contributed by atoms with Gasteiger partial charge in [0.05, 0.1) is 22.6 Å². The number of aryl methyl sites for hydroxylation is 1. The van der Waals surface area contributed by atoms with Gasteiger partial charge in [0.1, 0.15) is 0 Å². The smallest absolute Gasteiger partial charge is 0.238 e. The fourth-order valence-corrected chi connectivity index (χ4v) is 3.90. The van der Waals surface area contributed by atoms with Gasteiger partial charge in [-0.25, -0.2) is 13.6 Å². The number of hydrogen-bond acceptors (Lipinski definition) is 4. The highest BCUT2D eigenvalue weighted by molar-refractivity contribution is 7.89. The summed E-state index contributed by atoms with van der Waals surface area (Å²) in [5, 5.41) is 5.26. The van der Waals surface area contributed by atoms with Gasteiger partial charge in [0, 0.05) is 20.1 Å². The summed E-state index contributed by atoms with van der Waals surface area (Å²) in [5.41, 5.74) is 1.72. The zero-order valence-electron chi connectivity index (χ0n) is 13.4. The Bertz CT molecular complexity index is 890. The van der Waals surface area contributed by atoms with Crippen LogP contribution in [0, 0.1) is 10.7 Å². The molecule has 0 radical (unpaired) electrons. The number of likely N-dealkylation sites (tertiary alicyclic amines) is 1. The maximum Gasteiger partial charge on any atom is 0.238 e. The van der Waals surface area contributed by atoms with Crippen molar-refractivity contribution < 1.29 is 8.42 Å². The number of benzene rings is 1. The number of sulfonamides is 1. The predicted molar refractivity (Wildman–Crippen MR) is 93.1 cm³/mol. The molecule has 0 spiro atoms. The molecule has 1 aliphatic rings. The SMILES string of the molecule is CC1CCN(Cn2c(=S)n(C)c3ccc(S(N)(=O)=O)cc32)CC1. The Morgan fingerprint density at radius 3 is 2.52 bits per heavy atom. The number of piperidine rings is 1. The first-order chi connectivity index (χ1) is 10.8. The number of hydrogen-bond donors (Lipinski definition) is 1. The second kappa shape index (κ2) is 6.01.